The second kappa shape index (κ2) is 13.9. The molecule has 4 heterocycles. The zero-order valence-corrected chi connectivity index (χ0v) is 34.8. The van der Waals surface area contributed by atoms with Crippen molar-refractivity contribution in [3.05, 3.63) is 181 Å². The van der Waals surface area contributed by atoms with Gasteiger partial charge in [0.05, 0.1) is 11.0 Å². The number of para-hydroxylation sites is 2. The lowest BCUT2D eigenvalue weighted by molar-refractivity contribution is 1.07. The minimum Gasteiger partial charge on any atom is -0.310 e. The van der Waals surface area contributed by atoms with Gasteiger partial charge in [-0.1, -0.05) is 98.8 Å². The van der Waals surface area contributed by atoms with E-state index in [2.05, 4.69) is 194 Å². The number of thiophene rings is 2. The maximum absolute atomic E-state index is 5.55. The van der Waals surface area contributed by atoms with Gasteiger partial charge >= 0.3 is 0 Å². The van der Waals surface area contributed by atoms with E-state index < -0.39 is 0 Å². The number of nitrogens with zero attached hydrogens (tertiary/aromatic N) is 4. The van der Waals surface area contributed by atoms with Gasteiger partial charge < -0.3 is 9.80 Å². The van der Waals surface area contributed by atoms with Gasteiger partial charge in [0.1, 0.15) is 0 Å². The Morgan fingerprint density at radius 1 is 0.350 bits per heavy atom. The van der Waals surface area contributed by atoms with Crippen LogP contribution in [0.2, 0.25) is 0 Å². The summed E-state index contributed by atoms with van der Waals surface area (Å²) in [7, 11) is 0. The minimum absolute atomic E-state index is 0.795. The molecule has 12 rings (SSSR count). The van der Waals surface area contributed by atoms with E-state index in [1.54, 1.807) is 0 Å². The van der Waals surface area contributed by atoms with Crippen molar-refractivity contribution in [3.63, 3.8) is 0 Å². The molecule has 0 unspecified atom stereocenters. The molecule has 12 aromatic rings. The van der Waals surface area contributed by atoms with Crippen molar-refractivity contribution in [2.75, 3.05) is 9.80 Å². The van der Waals surface area contributed by atoms with Crippen LogP contribution in [0.15, 0.2) is 170 Å². The van der Waals surface area contributed by atoms with Crippen LogP contribution in [-0.4, -0.2) is 9.97 Å². The fourth-order valence-corrected chi connectivity index (χ4v) is 11.6. The Labute approximate surface area is 355 Å². The Morgan fingerprint density at radius 3 is 1.18 bits per heavy atom. The lowest BCUT2D eigenvalue weighted by Gasteiger charge is -2.28. The van der Waals surface area contributed by atoms with E-state index in [9.17, 15) is 0 Å². The lowest BCUT2D eigenvalue weighted by atomic mass is 9.94. The topological polar surface area (TPSA) is 32.3 Å². The second-order valence-corrected chi connectivity index (χ2v) is 17.7. The van der Waals surface area contributed by atoms with Gasteiger partial charge in [0.25, 0.3) is 0 Å². The Bertz CT molecular complexity index is 3350. The molecule has 0 radical (unpaired) electrons. The van der Waals surface area contributed by atoms with E-state index in [-0.39, 0.29) is 0 Å². The number of hydrogen-bond acceptors (Lipinski definition) is 6. The van der Waals surface area contributed by atoms with Crippen molar-refractivity contribution >= 4 is 130 Å². The summed E-state index contributed by atoms with van der Waals surface area (Å²) in [5, 5.41) is 9.88. The molecule has 8 aromatic carbocycles. The highest BCUT2D eigenvalue weighted by molar-refractivity contribution is 7.26. The minimum atomic E-state index is 0.795. The second-order valence-electron chi connectivity index (χ2n) is 15.5. The quantitative estimate of drug-likeness (QED) is 0.143. The molecule has 0 amide bonds. The summed E-state index contributed by atoms with van der Waals surface area (Å²) in [6, 6.07) is 61.9. The predicted octanol–water partition coefficient (Wildman–Crippen LogP) is 16.2. The van der Waals surface area contributed by atoms with Crippen LogP contribution in [0.3, 0.4) is 0 Å². The zero-order chi connectivity index (χ0) is 39.9. The number of fused-ring (bicyclic) bond motifs is 6. The molecular formula is C54H38N4S2. The number of rotatable bonds is 8. The standard InChI is InChI=1S/C54H38N4S2/c1-3-45-43-27-37(57(33-15-7-5-8-16-33)35-23-25-41-39-19-11-13-21-49(39)59-51(41)31-35)30-48-53(43)54-44(46(4-2)56-48)28-38(29-47(54)55-45)58(34-17-9-6-10-18-34)36-24-26-42-40-20-12-14-22-50(40)60-52(42)32-36/h5-32H,3-4H2,1-2H3. The number of benzene rings is 8. The highest BCUT2D eigenvalue weighted by atomic mass is 32.1. The lowest BCUT2D eigenvalue weighted by Crippen LogP contribution is -2.12. The van der Waals surface area contributed by atoms with E-state index in [1.807, 2.05) is 22.7 Å². The molecule has 0 N–H and O–H groups in total. The fraction of sp³-hybridized carbons (Fsp3) is 0.0741. The molecule has 0 bridgehead atoms. The third-order valence-electron chi connectivity index (χ3n) is 12.0. The molecule has 0 fully saturated rings. The summed E-state index contributed by atoms with van der Waals surface area (Å²) < 4.78 is 5.17. The van der Waals surface area contributed by atoms with Gasteiger partial charge in [-0.15, -0.1) is 22.7 Å². The first kappa shape index (κ1) is 35.1. The molecule has 0 aliphatic rings. The van der Waals surface area contributed by atoms with Gasteiger partial charge in [-0.25, -0.2) is 0 Å². The van der Waals surface area contributed by atoms with Gasteiger partial charge in [0.2, 0.25) is 0 Å². The third-order valence-corrected chi connectivity index (χ3v) is 14.3. The first-order valence-corrected chi connectivity index (χ1v) is 22.3. The smallest absolute Gasteiger partial charge is 0.0740 e. The van der Waals surface area contributed by atoms with Gasteiger partial charge in [0, 0.05) is 107 Å². The Morgan fingerprint density at radius 2 is 0.750 bits per heavy atom. The molecule has 0 atom stereocenters. The van der Waals surface area contributed by atoms with E-state index >= 15 is 0 Å². The monoisotopic (exact) mass is 806 g/mol. The van der Waals surface area contributed by atoms with Crippen molar-refractivity contribution in [1.29, 1.82) is 0 Å². The van der Waals surface area contributed by atoms with E-state index in [1.165, 1.54) is 51.1 Å². The van der Waals surface area contributed by atoms with E-state index in [0.717, 1.165) is 80.2 Å². The maximum atomic E-state index is 5.55. The van der Waals surface area contributed by atoms with Crippen LogP contribution in [0.25, 0.3) is 72.9 Å². The summed E-state index contributed by atoms with van der Waals surface area (Å²) in [5.41, 5.74) is 10.7. The highest BCUT2D eigenvalue weighted by Gasteiger charge is 2.24. The first-order chi connectivity index (χ1) is 29.6. The number of pyridine rings is 2. The van der Waals surface area contributed by atoms with Crippen LogP contribution in [-0.2, 0) is 12.8 Å². The summed E-state index contributed by atoms with van der Waals surface area (Å²) in [5.74, 6) is 0. The van der Waals surface area contributed by atoms with E-state index in [4.69, 9.17) is 9.97 Å². The molecule has 286 valence electrons. The molecule has 6 heteroatoms. The number of aromatic nitrogens is 2. The molecule has 60 heavy (non-hydrogen) atoms. The average Bonchev–Trinajstić information content (AvgIpc) is 3.86. The summed E-state index contributed by atoms with van der Waals surface area (Å²) in [6.45, 7) is 4.44. The molecule has 4 aromatic heterocycles. The number of aryl methyl sites for hydroxylation is 2. The molecule has 4 nitrogen and oxygen atoms in total. The summed E-state index contributed by atoms with van der Waals surface area (Å²) >= 11 is 3.70. The Hall–Kier alpha value is -6.86. The van der Waals surface area contributed by atoms with Crippen molar-refractivity contribution in [2.24, 2.45) is 0 Å². The molecule has 0 spiro atoms. The molecular weight excluding hydrogens is 769 g/mol. The SMILES string of the molecule is CCc1nc2cc(N(c3ccccc3)c3ccc4c(c3)sc3ccccc34)cc3c(CC)nc4cc(N(c5ccccc5)c5ccc6c(c5)sc5ccccc56)cc1c4c23. The van der Waals surface area contributed by atoms with Crippen molar-refractivity contribution < 1.29 is 0 Å². The zero-order valence-electron chi connectivity index (χ0n) is 33.2. The third kappa shape index (κ3) is 5.48. The largest absolute Gasteiger partial charge is 0.310 e. The molecule has 0 aliphatic heterocycles. The first-order valence-electron chi connectivity index (χ1n) is 20.7. The van der Waals surface area contributed by atoms with Gasteiger partial charge in [0.15, 0.2) is 0 Å². The van der Waals surface area contributed by atoms with Crippen LogP contribution >= 0.6 is 22.7 Å². The summed E-state index contributed by atoms with van der Waals surface area (Å²) in [6.07, 6.45) is 1.59. The molecule has 0 aliphatic carbocycles. The van der Waals surface area contributed by atoms with Crippen molar-refractivity contribution in [1.82, 2.24) is 9.97 Å². The Balaban J connectivity index is 1.07. The average molecular weight is 807 g/mol. The molecule has 0 saturated carbocycles. The van der Waals surface area contributed by atoms with Gasteiger partial charge in [-0.05, 0) is 97.8 Å². The van der Waals surface area contributed by atoms with E-state index in [0.29, 0.717) is 0 Å². The van der Waals surface area contributed by atoms with Crippen molar-refractivity contribution in [2.45, 2.75) is 26.7 Å². The highest BCUT2D eigenvalue weighted by Crippen LogP contribution is 2.47. The van der Waals surface area contributed by atoms with Crippen LogP contribution < -0.4 is 9.80 Å². The number of hydrogen-bond donors (Lipinski definition) is 0. The normalized spacial score (nSPS) is 12.0. The van der Waals surface area contributed by atoms with Gasteiger partial charge in [-0.3, -0.25) is 9.97 Å². The number of anilines is 6. The fourth-order valence-electron chi connectivity index (χ4n) is 9.35. The van der Waals surface area contributed by atoms with Crippen LogP contribution in [0.1, 0.15) is 25.2 Å². The van der Waals surface area contributed by atoms with Crippen LogP contribution in [0.4, 0.5) is 34.1 Å². The molecule has 0 saturated heterocycles. The van der Waals surface area contributed by atoms with Crippen LogP contribution in [0.5, 0.6) is 0 Å². The maximum Gasteiger partial charge on any atom is 0.0740 e. The predicted molar refractivity (Wildman–Crippen MR) is 260 cm³/mol. The van der Waals surface area contributed by atoms with Gasteiger partial charge in [-0.2, -0.15) is 0 Å². The Kier molecular flexibility index (Phi) is 8.12. The van der Waals surface area contributed by atoms with Crippen molar-refractivity contribution in [3.8, 4) is 0 Å². The summed E-state index contributed by atoms with van der Waals surface area (Å²) in [4.78, 5) is 15.9. The van der Waals surface area contributed by atoms with Crippen LogP contribution in [0, 0.1) is 0 Å².